The van der Waals surface area contributed by atoms with E-state index < -0.39 is 27.1 Å². The maximum Gasteiger partial charge on any atom is 0.279 e. The van der Waals surface area contributed by atoms with Gasteiger partial charge in [0, 0.05) is 53.0 Å². The van der Waals surface area contributed by atoms with Crippen LogP contribution in [-0.2, 0) is 13.0 Å². The third-order valence-corrected chi connectivity index (χ3v) is 5.56. The van der Waals surface area contributed by atoms with Crippen LogP contribution in [0, 0.1) is 27.2 Å². The minimum atomic E-state index is -0.745. The average Bonchev–Trinajstić information content (AvgIpc) is 3.16. The molecule has 0 fully saturated rings. The van der Waals surface area contributed by atoms with Crippen LogP contribution in [0.5, 0.6) is 0 Å². The molecule has 0 saturated heterocycles. The zero-order valence-electron chi connectivity index (χ0n) is 16.3. The maximum absolute atomic E-state index is 13.2. The number of nitro groups is 2. The van der Waals surface area contributed by atoms with Crippen LogP contribution in [0.3, 0.4) is 0 Å². The molecule has 2 aromatic carbocycles. The Hall–Kier alpha value is -3.79. The summed E-state index contributed by atoms with van der Waals surface area (Å²) in [5.41, 5.74) is 2.24. The van der Waals surface area contributed by atoms with Gasteiger partial charge in [0.2, 0.25) is 0 Å². The number of H-pyrrole nitrogens is 1. The van der Waals surface area contributed by atoms with E-state index in [1.54, 1.807) is 18.2 Å². The molecule has 10 nitrogen and oxygen atoms in total. The van der Waals surface area contributed by atoms with Crippen molar-refractivity contribution in [1.82, 2.24) is 15.1 Å². The van der Waals surface area contributed by atoms with Crippen LogP contribution >= 0.6 is 11.6 Å². The van der Waals surface area contributed by atoms with Gasteiger partial charge in [0.05, 0.1) is 27.2 Å². The van der Waals surface area contributed by atoms with Crippen molar-refractivity contribution in [1.29, 1.82) is 0 Å². The third kappa shape index (κ3) is 3.73. The van der Waals surface area contributed by atoms with Crippen molar-refractivity contribution in [3.63, 3.8) is 0 Å². The highest BCUT2D eigenvalue weighted by Gasteiger charge is 2.31. The van der Waals surface area contributed by atoms with Gasteiger partial charge in [-0.1, -0.05) is 23.7 Å². The van der Waals surface area contributed by atoms with Gasteiger partial charge in [0.25, 0.3) is 17.3 Å². The number of aromatic amines is 1. The van der Waals surface area contributed by atoms with E-state index in [-0.39, 0.29) is 17.7 Å². The van der Waals surface area contributed by atoms with Crippen molar-refractivity contribution in [2.24, 2.45) is 0 Å². The molecule has 0 saturated carbocycles. The van der Waals surface area contributed by atoms with Crippen LogP contribution < -0.4 is 0 Å². The highest BCUT2D eigenvalue weighted by atomic mass is 35.5. The zero-order chi connectivity index (χ0) is 22.3. The minimum absolute atomic E-state index is 0.0582. The second kappa shape index (κ2) is 7.80. The Labute approximate surface area is 180 Å². The van der Waals surface area contributed by atoms with Gasteiger partial charge in [0.15, 0.2) is 0 Å². The molecule has 1 aliphatic rings. The lowest BCUT2D eigenvalue weighted by molar-refractivity contribution is -0.394. The van der Waals surface area contributed by atoms with Gasteiger partial charge in [-0.25, -0.2) is 0 Å². The van der Waals surface area contributed by atoms with Gasteiger partial charge in [-0.05, 0) is 19.1 Å². The van der Waals surface area contributed by atoms with E-state index in [0.29, 0.717) is 23.7 Å². The molecule has 0 unspecified atom stereocenters. The lowest BCUT2D eigenvalue weighted by Crippen LogP contribution is -2.36. The second-order valence-corrected chi connectivity index (χ2v) is 7.60. The standard InChI is InChI=1S/C20H16ClN5O5/c1-11-15(8-14(25(28)29)9-18(11)26(30)31)20(27)24-6-5-17-16(10-24)19(23-22-17)12-3-2-4-13(21)7-12/h2-4,7-9H,5-6,10H2,1H3,(H,22,23). The zero-order valence-corrected chi connectivity index (χ0v) is 17.0. The topological polar surface area (TPSA) is 135 Å². The number of amides is 1. The van der Waals surface area contributed by atoms with Gasteiger partial charge in [-0.3, -0.25) is 30.1 Å². The molecule has 1 amide bonds. The highest BCUT2D eigenvalue weighted by molar-refractivity contribution is 6.30. The number of nitro benzene ring substituents is 2. The highest BCUT2D eigenvalue weighted by Crippen LogP contribution is 2.33. The number of hydrogen-bond acceptors (Lipinski definition) is 6. The van der Waals surface area contributed by atoms with Crippen molar-refractivity contribution in [2.45, 2.75) is 19.9 Å². The minimum Gasteiger partial charge on any atom is -0.334 e. The fourth-order valence-electron chi connectivity index (χ4n) is 3.71. The van der Waals surface area contributed by atoms with Crippen molar-refractivity contribution in [2.75, 3.05) is 6.54 Å². The SMILES string of the molecule is Cc1c(C(=O)N2CCc3[nH]nc(-c4cccc(Cl)c4)c3C2)cc([N+](=O)[O-])cc1[N+](=O)[O-]. The predicted octanol–water partition coefficient (Wildman–Crippen LogP) is 4.05. The Morgan fingerprint density at radius 3 is 2.65 bits per heavy atom. The molecule has 0 radical (unpaired) electrons. The van der Waals surface area contributed by atoms with Gasteiger partial charge < -0.3 is 4.90 Å². The van der Waals surface area contributed by atoms with E-state index in [4.69, 9.17) is 11.6 Å². The molecule has 3 aromatic rings. The maximum atomic E-state index is 13.2. The molecule has 0 spiro atoms. The fraction of sp³-hybridized carbons (Fsp3) is 0.200. The number of benzene rings is 2. The van der Waals surface area contributed by atoms with Gasteiger partial charge >= 0.3 is 0 Å². The van der Waals surface area contributed by atoms with E-state index in [1.807, 2.05) is 6.07 Å². The molecule has 1 N–H and O–H groups in total. The number of carbonyl (C=O) groups excluding carboxylic acids is 1. The van der Waals surface area contributed by atoms with Gasteiger partial charge in [-0.15, -0.1) is 0 Å². The number of nitrogens with one attached hydrogen (secondary N) is 1. The van der Waals surface area contributed by atoms with Crippen molar-refractivity contribution >= 4 is 28.9 Å². The van der Waals surface area contributed by atoms with Crippen molar-refractivity contribution in [3.05, 3.63) is 84.0 Å². The number of fused-ring (bicyclic) bond motifs is 1. The van der Waals surface area contributed by atoms with Crippen LogP contribution in [0.2, 0.25) is 5.02 Å². The Balaban J connectivity index is 1.71. The van der Waals surface area contributed by atoms with E-state index in [2.05, 4.69) is 10.2 Å². The number of nitrogens with zero attached hydrogens (tertiary/aromatic N) is 4. The van der Waals surface area contributed by atoms with Crippen LogP contribution in [0.15, 0.2) is 36.4 Å². The number of carbonyl (C=O) groups is 1. The Kier molecular flexibility index (Phi) is 5.15. The Bertz CT molecular complexity index is 1240. The molecular weight excluding hydrogens is 426 g/mol. The largest absolute Gasteiger partial charge is 0.334 e. The summed E-state index contributed by atoms with van der Waals surface area (Å²) in [5.74, 6) is -0.506. The molecule has 2 heterocycles. The van der Waals surface area contributed by atoms with E-state index in [9.17, 15) is 25.0 Å². The average molecular weight is 442 g/mol. The number of rotatable bonds is 4. The summed E-state index contributed by atoms with van der Waals surface area (Å²) in [7, 11) is 0. The second-order valence-electron chi connectivity index (χ2n) is 7.17. The van der Waals surface area contributed by atoms with Crippen LogP contribution in [0.4, 0.5) is 11.4 Å². The summed E-state index contributed by atoms with van der Waals surface area (Å²) in [5, 5.41) is 30.5. The Morgan fingerprint density at radius 1 is 1.19 bits per heavy atom. The van der Waals surface area contributed by atoms with Gasteiger partial charge in [0.1, 0.15) is 0 Å². The third-order valence-electron chi connectivity index (χ3n) is 5.32. The molecule has 1 aromatic heterocycles. The number of non-ortho nitro benzene ring substituents is 1. The first kappa shape index (κ1) is 20.5. The van der Waals surface area contributed by atoms with Crippen LogP contribution in [-0.4, -0.2) is 37.4 Å². The molecule has 11 heteroatoms. The molecule has 4 rings (SSSR count). The summed E-state index contributed by atoms with van der Waals surface area (Å²) >= 11 is 6.09. The molecular formula is C20H16ClN5O5. The first-order valence-corrected chi connectivity index (χ1v) is 9.69. The summed E-state index contributed by atoms with van der Waals surface area (Å²) in [6.07, 6.45) is 0.505. The van der Waals surface area contributed by atoms with Gasteiger partial charge in [-0.2, -0.15) is 5.10 Å². The summed E-state index contributed by atoms with van der Waals surface area (Å²) in [6.45, 7) is 1.97. The summed E-state index contributed by atoms with van der Waals surface area (Å²) in [6, 6.07) is 9.14. The fourth-order valence-corrected chi connectivity index (χ4v) is 3.90. The normalized spacial score (nSPS) is 13.0. The van der Waals surface area contributed by atoms with Crippen LogP contribution in [0.25, 0.3) is 11.3 Å². The summed E-state index contributed by atoms with van der Waals surface area (Å²) < 4.78 is 0. The molecule has 0 aliphatic carbocycles. The summed E-state index contributed by atoms with van der Waals surface area (Å²) in [4.78, 5) is 35.9. The lowest BCUT2D eigenvalue weighted by atomic mass is 9.99. The number of hydrogen-bond donors (Lipinski definition) is 1. The molecule has 158 valence electrons. The molecule has 0 atom stereocenters. The van der Waals surface area contributed by atoms with E-state index in [1.165, 1.54) is 11.8 Å². The van der Waals surface area contributed by atoms with Crippen molar-refractivity contribution < 1.29 is 14.6 Å². The Morgan fingerprint density at radius 2 is 1.97 bits per heavy atom. The quantitative estimate of drug-likeness (QED) is 0.479. The van der Waals surface area contributed by atoms with Crippen LogP contribution in [0.1, 0.15) is 27.2 Å². The molecule has 31 heavy (non-hydrogen) atoms. The van der Waals surface area contributed by atoms with Crippen molar-refractivity contribution in [3.8, 4) is 11.3 Å². The predicted molar refractivity (Wildman–Crippen MR) is 112 cm³/mol. The molecule has 0 bridgehead atoms. The van der Waals surface area contributed by atoms with E-state index >= 15 is 0 Å². The first-order chi connectivity index (χ1) is 14.8. The number of halogens is 1. The first-order valence-electron chi connectivity index (χ1n) is 9.31. The van der Waals surface area contributed by atoms with E-state index in [0.717, 1.165) is 29.0 Å². The monoisotopic (exact) mass is 441 g/mol. The smallest absolute Gasteiger partial charge is 0.279 e. The molecule has 1 aliphatic heterocycles. The lowest BCUT2D eigenvalue weighted by Gasteiger charge is -2.27. The number of aromatic nitrogens is 2.